The zero-order chi connectivity index (χ0) is 11.8. The van der Waals surface area contributed by atoms with Crippen LogP contribution in [0.5, 0.6) is 0 Å². The summed E-state index contributed by atoms with van der Waals surface area (Å²) in [6, 6.07) is 0. The lowest BCUT2D eigenvalue weighted by Crippen LogP contribution is -2.68. The summed E-state index contributed by atoms with van der Waals surface area (Å²) in [5, 5.41) is 48.4. The highest BCUT2D eigenvalue weighted by Crippen LogP contribution is 2.33. The molecule has 15 heavy (non-hydrogen) atoms. The fraction of sp³-hybridized carbons (Fsp3) is 1.00. The number of aliphatic hydroxyl groups excluding tert-OH is 4. The van der Waals surface area contributed by atoms with Gasteiger partial charge in [0.25, 0.3) is 0 Å². The van der Waals surface area contributed by atoms with E-state index in [0.29, 0.717) is 0 Å². The van der Waals surface area contributed by atoms with Crippen molar-refractivity contribution in [3.63, 3.8) is 0 Å². The molecule has 0 aromatic heterocycles. The van der Waals surface area contributed by atoms with Gasteiger partial charge in [-0.15, -0.1) is 0 Å². The first-order valence-corrected chi connectivity index (χ1v) is 4.01. The first-order chi connectivity index (χ1) is 6.86. The van der Waals surface area contributed by atoms with Gasteiger partial charge in [-0.05, 0) is 5.53 Å². The summed E-state index contributed by atoms with van der Waals surface area (Å²) in [5.74, 6) is 0. The van der Waals surface area contributed by atoms with E-state index in [1.807, 2.05) is 0 Å². The number of aliphatic hydroxyl groups is 5. The van der Waals surface area contributed by atoms with E-state index < -0.39 is 36.3 Å². The third-order valence-electron chi connectivity index (χ3n) is 2.37. The normalized spacial score (nSPS) is 50.9. The van der Waals surface area contributed by atoms with Gasteiger partial charge in [-0.2, -0.15) is 0 Å². The van der Waals surface area contributed by atoms with Crippen molar-refractivity contribution in [3.05, 3.63) is 10.4 Å². The van der Waals surface area contributed by atoms with Crippen molar-refractivity contribution in [3.8, 4) is 0 Å². The average Bonchev–Trinajstić information content (AvgIpc) is 2.22. The van der Waals surface area contributed by atoms with Gasteiger partial charge >= 0.3 is 0 Å². The van der Waals surface area contributed by atoms with Crippen molar-refractivity contribution in [2.45, 2.75) is 36.3 Å². The fourth-order valence-corrected chi connectivity index (χ4v) is 1.41. The summed E-state index contributed by atoms with van der Waals surface area (Å²) in [6.07, 6.45) is -10.9. The molecule has 0 spiro atoms. The molecule has 0 radical (unpaired) electrons. The van der Waals surface area contributed by atoms with E-state index in [1.165, 1.54) is 0 Å². The Morgan fingerprint density at radius 3 is 2.13 bits per heavy atom. The van der Waals surface area contributed by atoms with Crippen LogP contribution in [-0.4, -0.2) is 61.8 Å². The van der Waals surface area contributed by atoms with Gasteiger partial charge < -0.3 is 25.5 Å². The zero-order valence-corrected chi connectivity index (χ0v) is 7.34. The van der Waals surface area contributed by atoms with Crippen LogP contribution in [0.1, 0.15) is 0 Å². The Morgan fingerprint density at radius 2 is 1.67 bits per heavy atom. The SMILES string of the molecule is [N-]=[N+]=N[C@]1(O)C(F)[C@@H](O)[C@@H](O)[C@H](O)[C@@H]1O. The largest absolute Gasteiger partial charge is 0.387 e. The van der Waals surface area contributed by atoms with E-state index >= 15 is 0 Å². The first-order valence-electron chi connectivity index (χ1n) is 4.01. The molecule has 1 aliphatic carbocycles. The summed E-state index contributed by atoms with van der Waals surface area (Å²) in [5.41, 5.74) is 5.06. The number of nitrogens with zero attached hydrogens (tertiary/aromatic N) is 3. The number of hydrogen-bond donors (Lipinski definition) is 5. The van der Waals surface area contributed by atoms with Crippen molar-refractivity contribution in [1.82, 2.24) is 0 Å². The molecule has 8 nitrogen and oxygen atoms in total. The Kier molecular flexibility index (Phi) is 3.14. The zero-order valence-electron chi connectivity index (χ0n) is 7.34. The maximum atomic E-state index is 13.3. The van der Waals surface area contributed by atoms with E-state index in [0.717, 1.165) is 0 Å². The second kappa shape index (κ2) is 3.89. The van der Waals surface area contributed by atoms with Gasteiger partial charge in [0.2, 0.25) is 5.72 Å². The third kappa shape index (κ3) is 1.65. The monoisotopic (exact) mass is 223 g/mol. The molecule has 0 aliphatic heterocycles. The molecular weight excluding hydrogens is 213 g/mol. The van der Waals surface area contributed by atoms with E-state index in [4.69, 9.17) is 20.9 Å². The lowest BCUT2D eigenvalue weighted by molar-refractivity contribution is -0.248. The van der Waals surface area contributed by atoms with Gasteiger partial charge in [0.05, 0.1) is 0 Å². The van der Waals surface area contributed by atoms with Crippen molar-refractivity contribution in [1.29, 1.82) is 0 Å². The highest BCUT2D eigenvalue weighted by atomic mass is 19.1. The van der Waals surface area contributed by atoms with Gasteiger partial charge in [0, 0.05) is 4.91 Å². The van der Waals surface area contributed by atoms with Crippen LogP contribution < -0.4 is 0 Å². The van der Waals surface area contributed by atoms with Gasteiger partial charge in [0.1, 0.15) is 24.4 Å². The van der Waals surface area contributed by atoms with Crippen LogP contribution in [-0.2, 0) is 0 Å². The molecule has 0 heterocycles. The highest BCUT2D eigenvalue weighted by Gasteiger charge is 2.58. The van der Waals surface area contributed by atoms with Gasteiger partial charge in [-0.3, -0.25) is 0 Å². The molecule has 0 bridgehead atoms. The van der Waals surface area contributed by atoms with Crippen molar-refractivity contribution in [2.75, 3.05) is 0 Å². The Hall–Kier alpha value is -0.960. The number of azide groups is 1. The van der Waals surface area contributed by atoms with Crippen molar-refractivity contribution in [2.24, 2.45) is 5.11 Å². The van der Waals surface area contributed by atoms with Crippen LogP contribution in [0, 0.1) is 0 Å². The number of alkyl halides is 1. The van der Waals surface area contributed by atoms with Gasteiger partial charge in [0.15, 0.2) is 6.17 Å². The molecule has 9 heteroatoms. The molecular formula is C6H10FN3O5. The maximum absolute atomic E-state index is 13.3. The minimum absolute atomic E-state index is 1.97. The van der Waals surface area contributed by atoms with E-state index in [1.54, 1.807) is 0 Å². The minimum Gasteiger partial charge on any atom is -0.387 e. The number of halogens is 1. The molecule has 1 fully saturated rings. The smallest absolute Gasteiger partial charge is 0.206 e. The third-order valence-corrected chi connectivity index (χ3v) is 2.37. The first kappa shape index (κ1) is 12.1. The minimum atomic E-state index is -2.99. The van der Waals surface area contributed by atoms with E-state index in [9.17, 15) is 14.6 Å². The summed E-state index contributed by atoms with van der Waals surface area (Å²) in [4.78, 5) is 2.10. The molecule has 0 saturated heterocycles. The van der Waals surface area contributed by atoms with Crippen LogP contribution in [0.25, 0.3) is 10.4 Å². The second-order valence-electron chi connectivity index (χ2n) is 3.29. The van der Waals surface area contributed by atoms with Crippen LogP contribution in [0.4, 0.5) is 4.39 Å². The lowest BCUT2D eigenvalue weighted by atomic mass is 9.81. The molecule has 1 saturated carbocycles. The number of rotatable bonds is 1. The molecule has 1 aliphatic rings. The van der Waals surface area contributed by atoms with Crippen LogP contribution in [0.3, 0.4) is 0 Å². The second-order valence-corrected chi connectivity index (χ2v) is 3.29. The quantitative estimate of drug-likeness (QED) is 0.194. The Labute approximate surface area is 82.8 Å². The van der Waals surface area contributed by atoms with Gasteiger partial charge in [-0.1, -0.05) is 5.11 Å². The fourth-order valence-electron chi connectivity index (χ4n) is 1.41. The van der Waals surface area contributed by atoms with Crippen molar-refractivity contribution < 1.29 is 29.9 Å². The lowest BCUT2D eigenvalue weighted by Gasteiger charge is -2.43. The average molecular weight is 223 g/mol. The molecule has 86 valence electrons. The summed E-state index contributed by atoms with van der Waals surface area (Å²) in [6.45, 7) is 0. The predicted octanol–water partition coefficient (Wildman–Crippen LogP) is -2.22. The van der Waals surface area contributed by atoms with Crippen LogP contribution in [0.2, 0.25) is 0 Å². The summed E-state index contributed by atoms with van der Waals surface area (Å²) < 4.78 is 13.3. The molecule has 0 aromatic rings. The Bertz CT molecular complexity index is 280. The van der Waals surface area contributed by atoms with Gasteiger partial charge in [-0.25, -0.2) is 4.39 Å². The van der Waals surface area contributed by atoms with Crippen molar-refractivity contribution >= 4 is 0 Å². The summed E-state index contributed by atoms with van der Waals surface area (Å²) >= 11 is 0. The predicted molar refractivity (Wildman–Crippen MR) is 43.0 cm³/mol. The van der Waals surface area contributed by atoms with E-state index in [-0.39, 0.29) is 0 Å². The maximum Gasteiger partial charge on any atom is 0.206 e. The van der Waals surface area contributed by atoms with E-state index in [2.05, 4.69) is 10.0 Å². The number of hydrogen-bond acceptors (Lipinski definition) is 6. The standard InChI is InChI=1S/C6H10FN3O5/c7-4-2(12)1(11)3(13)5(14)6(4,15)9-10-8/h1-5,11-15H/t1-,2+,3+,4?,5+,6+/m1/s1. The molecule has 0 aromatic carbocycles. The molecule has 0 amide bonds. The topological polar surface area (TPSA) is 150 Å². The molecule has 1 rings (SSSR count). The highest BCUT2D eigenvalue weighted by molar-refractivity contribution is 5.07. The van der Waals surface area contributed by atoms with Crippen LogP contribution >= 0.6 is 0 Å². The Morgan fingerprint density at radius 1 is 1.13 bits per heavy atom. The molecule has 5 N–H and O–H groups in total. The molecule has 1 unspecified atom stereocenters. The molecule has 6 atom stereocenters. The summed E-state index contributed by atoms with van der Waals surface area (Å²) in [7, 11) is 0. The van der Waals surface area contributed by atoms with Crippen LogP contribution in [0.15, 0.2) is 5.11 Å². The Balaban J connectivity index is 3.11.